The van der Waals surface area contributed by atoms with Crippen molar-refractivity contribution >= 4 is 11.8 Å². The second kappa shape index (κ2) is 8.51. The van der Waals surface area contributed by atoms with E-state index in [1.165, 1.54) is 5.57 Å². The van der Waals surface area contributed by atoms with Crippen LogP contribution in [0.2, 0.25) is 0 Å². The van der Waals surface area contributed by atoms with Gasteiger partial charge in [0, 0.05) is 45.9 Å². The monoisotopic (exact) mass is 345 g/mol. The fraction of sp³-hybridized carbons (Fsp3) is 0.750. The molecule has 0 spiro atoms. The third-order valence-corrected chi connectivity index (χ3v) is 5.91. The SMILES string of the molecule is CC(=O)N1CCN(C(=O)CC2CC(C(C)C)C(CC#N)C=C2C)CC1. The maximum atomic E-state index is 12.7. The molecule has 25 heavy (non-hydrogen) atoms. The van der Waals surface area contributed by atoms with E-state index in [0.717, 1.165) is 6.42 Å². The fourth-order valence-electron chi connectivity index (χ4n) is 4.22. The van der Waals surface area contributed by atoms with Crippen molar-refractivity contribution in [2.45, 2.75) is 47.0 Å². The van der Waals surface area contributed by atoms with Crippen molar-refractivity contribution in [1.29, 1.82) is 5.26 Å². The van der Waals surface area contributed by atoms with Gasteiger partial charge in [0.2, 0.25) is 11.8 Å². The Bertz CT molecular complexity index is 568. The lowest BCUT2D eigenvalue weighted by Crippen LogP contribution is -2.50. The van der Waals surface area contributed by atoms with Gasteiger partial charge in [-0.1, -0.05) is 25.5 Å². The standard InChI is InChI=1S/C20H31N3O2/c1-14(2)19-12-18(15(3)11-17(19)5-6-21)13-20(25)23-9-7-22(8-10-23)16(4)24/h11,14,17-19H,5,7-10,12-13H2,1-4H3. The summed E-state index contributed by atoms with van der Waals surface area (Å²) in [7, 11) is 0. The van der Waals surface area contributed by atoms with Crippen molar-refractivity contribution in [2.24, 2.45) is 23.7 Å². The molecule has 0 radical (unpaired) electrons. The minimum absolute atomic E-state index is 0.0847. The van der Waals surface area contributed by atoms with Crippen LogP contribution < -0.4 is 0 Å². The van der Waals surface area contributed by atoms with Gasteiger partial charge in [-0.25, -0.2) is 0 Å². The summed E-state index contributed by atoms with van der Waals surface area (Å²) in [6.45, 7) is 10.7. The van der Waals surface area contributed by atoms with Crippen LogP contribution in [0.1, 0.15) is 47.0 Å². The van der Waals surface area contributed by atoms with Crippen molar-refractivity contribution in [3.05, 3.63) is 11.6 Å². The number of carbonyl (C=O) groups is 2. The van der Waals surface area contributed by atoms with Crippen LogP contribution in [0.4, 0.5) is 0 Å². The molecule has 0 aromatic carbocycles. The van der Waals surface area contributed by atoms with Crippen molar-refractivity contribution in [3.63, 3.8) is 0 Å². The van der Waals surface area contributed by atoms with E-state index in [9.17, 15) is 9.59 Å². The molecule has 2 rings (SSSR count). The van der Waals surface area contributed by atoms with Crippen LogP contribution in [0.3, 0.4) is 0 Å². The molecule has 0 bridgehead atoms. The normalized spacial score (nSPS) is 27.0. The Hall–Kier alpha value is -1.83. The Morgan fingerprint density at radius 2 is 1.84 bits per heavy atom. The number of nitrogens with zero attached hydrogens (tertiary/aromatic N) is 3. The Balaban J connectivity index is 1.97. The first-order chi connectivity index (χ1) is 11.8. The Morgan fingerprint density at radius 3 is 2.36 bits per heavy atom. The molecule has 3 atom stereocenters. The van der Waals surface area contributed by atoms with E-state index in [1.54, 1.807) is 11.8 Å². The molecule has 5 nitrogen and oxygen atoms in total. The first kappa shape index (κ1) is 19.5. The smallest absolute Gasteiger partial charge is 0.223 e. The molecular weight excluding hydrogens is 314 g/mol. The number of amides is 2. The van der Waals surface area contributed by atoms with Crippen molar-refractivity contribution in [2.75, 3.05) is 26.2 Å². The summed E-state index contributed by atoms with van der Waals surface area (Å²) in [5, 5.41) is 9.08. The molecule has 1 aliphatic carbocycles. The molecule has 1 heterocycles. The molecule has 1 fully saturated rings. The lowest BCUT2D eigenvalue weighted by Gasteiger charge is -2.38. The fourth-order valence-corrected chi connectivity index (χ4v) is 4.22. The molecule has 0 N–H and O–H groups in total. The van der Waals surface area contributed by atoms with Gasteiger partial charge in [0.15, 0.2) is 0 Å². The Kier molecular flexibility index (Phi) is 6.64. The quantitative estimate of drug-likeness (QED) is 0.736. The summed E-state index contributed by atoms with van der Waals surface area (Å²) in [5.41, 5.74) is 1.26. The third-order valence-electron chi connectivity index (χ3n) is 5.91. The van der Waals surface area contributed by atoms with E-state index in [2.05, 4.69) is 32.9 Å². The van der Waals surface area contributed by atoms with E-state index in [-0.39, 0.29) is 17.7 Å². The molecule has 0 aromatic rings. The van der Waals surface area contributed by atoms with E-state index in [1.807, 2.05) is 4.90 Å². The first-order valence-corrected chi connectivity index (χ1v) is 9.42. The summed E-state index contributed by atoms with van der Waals surface area (Å²) in [4.78, 5) is 27.8. The van der Waals surface area contributed by atoms with Gasteiger partial charge in [-0.05, 0) is 37.0 Å². The number of hydrogen-bond donors (Lipinski definition) is 0. The minimum Gasteiger partial charge on any atom is -0.339 e. The summed E-state index contributed by atoms with van der Waals surface area (Å²) in [6.07, 6.45) is 4.34. The van der Waals surface area contributed by atoms with Gasteiger partial charge in [-0.15, -0.1) is 0 Å². The van der Waals surface area contributed by atoms with Crippen molar-refractivity contribution in [1.82, 2.24) is 9.80 Å². The van der Waals surface area contributed by atoms with Crippen molar-refractivity contribution < 1.29 is 9.59 Å². The highest BCUT2D eigenvalue weighted by molar-refractivity contribution is 5.78. The van der Waals surface area contributed by atoms with Gasteiger partial charge in [0.25, 0.3) is 0 Å². The average molecular weight is 345 g/mol. The molecule has 0 aromatic heterocycles. The highest BCUT2D eigenvalue weighted by atomic mass is 16.2. The van der Waals surface area contributed by atoms with Gasteiger partial charge in [0.1, 0.15) is 0 Å². The second-order valence-electron chi connectivity index (χ2n) is 7.87. The van der Waals surface area contributed by atoms with Crippen LogP contribution in [0.15, 0.2) is 11.6 Å². The van der Waals surface area contributed by atoms with E-state index in [0.29, 0.717) is 56.8 Å². The lowest BCUT2D eigenvalue weighted by molar-refractivity contribution is -0.139. The molecular formula is C20H31N3O2. The van der Waals surface area contributed by atoms with Gasteiger partial charge < -0.3 is 9.80 Å². The number of piperazine rings is 1. The van der Waals surface area contributed by atoms with Crippen LogP contribution >= 0.6 is 0 Å². The summed E-state index contributed by atoms with van der Waals surface area (Å²) >= 11 is 0. The van der Waals surface area contributed by atoms with Crippen LogP contribution in [0, 0.1) is 35.0 Å². The van der Waals surface area contributed by atoms with E-state index in [4.69, 9.17) is 5.26 Å². The van der Waals surface area contributed by atoms with Crippen LogP contribution in [-0.4, -0.2) is 47.8 Å². The second-order valence-corrected chi connectivity index (χ2v) is 7.87. The average Bonchev–Trinajstić information content (AvgIpc) is 2.57. The zero-order chi connectivity index (χ0) is 18.6. The summed E-state index contributed by atoms with van der Waals surface area (Å²) in [6, 6.07) is 2.31. The van der Waals surface area contributed by atoms with Gasteiger partial charge in [-0.2, -0.15) is 5.26 Å². The molecule has 1 saturated heterocycles. The Morgan fingerprint density at radius 1 is 1.24 bits per heavy atom. The molecule has 2 amide bonds. The zero-order valence-electron chi connectivity index (χ0n) is 16.0. The molecule has 0 saturated carbocycles. The highest BCUT2D eigenvalue weighted by Crippen LogP contribution is 2.40. The van der Waals surface area contributed by atoms with Gasteiger partial charge in [-0.3, -0.25) is 9.59 Å². The highest BCUT2D eigenvalue weighted by Gasteiger charge is 2.33. The number of nitriles is 1. The first-order valence-electron chi connectivity index (χ1n) is 9.42. The maximum absolute atomic E-state index is 12.7. The third kappa shape index (κ3) is 4.84. The molecule has 138 valence electrons. The van der Waals surface area contributed by atoms with E-state index >= 15 is 0 Å². The lowest BCUT2D eigenvalue weighted by atomic mass is 9.69. The Labute approximate surface area is 151 Å². The largest absolute Gasteiger partial charge is 0.339 e. The predicted molar refractivity (Wildman–Crippen MR) is 97.4 cm³/mol. The number of rotatable bonds is 4. The van der Waals surface area contributed by atoms with E-state index < -0.39 is 0 Å². The number of carbonyl (C=O) groups excluding carboxylic acids is 2. The molecule has 3 unspecified atom stereocenters. The minimum atomic E-state index is 0.0847. The summed E-state index contributed by atoms with van der Waals surface area (Å²) < 4.78 is 0. The topological polar surface area (TPSA) is 64.4 Å². The zero-order valence-corrected chi connectivity index (χ0v) is 16.0. The number of allylic oxidation sites excluding steroid dienone is 2. The van der Waals surface area contributed by atoms with Crippen LogP contribution in [0.5, 0.6) is 0 Å². The predicted octanol–water partition coefficient (Wildman–Crippen LogP) is 2.84. The van der Waals surface area contributed by atoms with Gasteiger partial charge in [0.05, 0.1) is 6.07 Å². The number of hydrogen-bond acceptors (Lipinski definition) is 3. The van der Waals surface area contributed by atoms with Crippen LogP contribution in [0.25, 0.3) is 0 Å². The van der Waals surface area contributed by atoms with Crippen molar-refractivity contribution in [3.8, 4) is 6.07 Å². The molecule has 5 heteroatoms. The molecule has 1 aliphatic heterocycles. The van der Waals surface area contributed by atoms with Gasteiger partial charge >= 0.3 is 0 Å². The molecule has 2 aliphatic rings. The summed E-state index contributed by atoms with van der Waals surface area (Å²) in [5.74, 6) is 1.86. The van der Waals surface area contributed by atoms with Crippen LogP contribution in [-0.2, 0) is 9.59 Å². The maximum Gasteiger partial charge on any atom is 0.223 e.